The van der Waals surface area contributed by atoms with Crippen molar-refractivity contribution in [1.29, 1.82) is 0 Å². The minimum atomic E-state index is -0.772. The molecule has 9 heteroatoms. The Morgan fingerprint density at radius 1 is 0.944 bits per heavy atom. The number of hydrogen-bond acceptors (Lipinski definition) is 7. The van der Waals surface area contributed by atoms with E-state index in [1.54, 1.807) is 30.3 Å². The molecular weight excluding hydrogens is 464 g/mol. The number of para-hydroxylation sites is 1. The van der Waals surface area contributed by atoms with Crippen molar-refractivity contribution >= 4 is 29.4 Å². The predicted molar refractivity (Wildman–Crippen MR) is 128 cm³/mol. The number of ether oxygens (including phenoxy) is 3. The minimum absolute atomic E-state index is 0.0438. The molecule has 3 aromatic carbocycles. The van der Waals surface area contributed by atoms with Crippen LogP contribution < -0.4 is 14.8 Å². The first-order valence-corrected chi connectivity index (χ1v) is 11.4. The predicted octanol–water partition coefficient (Wildman–Crippen LogP) is 3.57. The average Bonchev–Trinajstić information content (AvgIpc) is 3.45. The van der Waals surface area contributed by atoms with Gasteiger partial charge >= 0.3 is 5.97 Å². The molecular formula is C27H22N2O7. The molecule has 0 bridgehead atoms. The molecule has 9 nitrogen and oxygen atoms in total. The van der Waals surface area contributed by atoms with E-state index in [-0.39, 0.29) is 30.0 Å². The number of imide groups is 1. The molecule has 0 aliphatic carbocycles. The van der Waals surface area contributed by atoms with Gasteiger partial charge in [-0.1, -0.05) is 31.2 Å². The molecule has 1 N–H and O–H groups in total. The number of anilines is 1. The quantitative estimate of drug-likeness (QED) is 0.401. The van der Waals surface area contributed by atoms with Gasteiger partial charge < -0.3 is 19.5 Å². The molecule has 0 fully saturated rings. The minimum Gasteiger partial charge on any atom is -0.454 e. The van der Waals surface area contributed by atoms with Crippen LogP contribution in [0.5, 0.6) is 11.5 Å². The second-order valence-corrected chi connectivity index (χ2v) is 8.28. The van der Waals surface area contributed by atoms with Gasteiger partial charge in [-0.3, -0.25) is 19.3 Å². The number of nitrogens with one attached hydrogen (secondary N) is 1. The summed E-state index contributed by atoms with van der Waals surface area (Å²) in [6.45, 7) is 1.65. The van der Waals surface area contributed by atoms with Crippen molar-refractivity contribution in [1.82, 2.24) is 4.90 Å². The Hall–Kier alpha value is -4.66. The number of carbonyl (C=O) groups is 4. The van der Waals surface area contributed by atoms with E-state index >= 15 is 0 Å². The zero-order valence-electron chi connectivity index (χ0n) is 19.4. The third-order valence-corrected chi connectivity index (χ3v) is 5.99. The number of carbonyl (C=O) groups excluding carboxylic acids is 4. The number of aryl methyl sites for hydroxylation is 1. The van der Waals surface area contributed by atoms with Gasteiger partial charge in [-0.25, -0.2) is 4.79 Å². The number of nitrogens with zero attached hydrogens (tertiary/aromatic N) is 1. The van der Waals surface area contributed by atoms with Gasteiger partial charge in [0.25, 0.3) is 17.7 Å². The molecule has 5 rings (SSSR count). The van der Waals surface area contributed by atoms with Gasteiger partial charge in [0.15, 0.2) is 18.1 Å². The van der Waals surface area contributed by atoms with Gasteiger partial charge in [0.05, 0.1) is 23.2 Å². The van der Waals surface area contributed by atoms with Gasteiger partial charge in [-0.05, 0) is 53.9 Å². The molecule has 2 heterocycles. The van der Waals surface area contributed by atoms with E-state index in [9.17, 15) is 19.2 Å². The summed E-state index contributed by atoms with van der Waals surface area (Å²) in [6, 6.07) is 16.7. The Bertz CT molecular complexity index is 1400. The van der Waals surface area contributed by atoms with E-state index in [0.29, 0.717) is 22.7 Å². The lowest BCUT2D eigenvalue weighted by Gasteiger charge is -2.14. The summed E-state index contributed by atoms with van der Waals surface area (Å²) in [6.07, 6.45) is 0.740. The first-order valence-electron chi connectivity index (χ1n) is 11.4. The van der Waals surface area contributed by atoms with E-state index in [0.717, 1.165) is 16.9 Å². The normalized spacial score (nSPS) is 13.5. The summed E-state index contributed by atoms with van der Waals surface area (Å²) < 4.78 is 15.8. The fraction of sp³-hybridized carbons (Fsp3) is 0.185. The van der Waals surface area contributed by atoms with Gasteiger partial charge in [-0.15, -0.1) is 0 Å². The lowest BCUT2D eigenvalue weighted by atomic mass is 10.1. The molecule has 0 spiro atoms. The molecule has 3 amide bonds. The van der Waals surface area contributed by atoms with Gasteiger partial charge in [0, 0.05) is 5.69 Å². The van der Waals surface area contributed by atoms with Crippen LogP contribution in [0.3, 0.4) is 0 Å². The van der Waals surface area contributed by atoms with Crippen molar-refractivity contribution in [2.24, 2.45) is 0 Å². The molecule has 0 atom stereocenters. The van der Waals surface area contributed by atoms with Crippen molar-refractivity contribution < 1.29 is 33.4 Å². The number of rotatable bonds is 7. The lowest BCUT2D eigenvalue weighted by molar-refractivity contribution is -0.119. The zero-order valence-corrected chi connectivity index (χ0v) is 19.4. The molecule has 0 radical (unpaired) electrons. The maximum Gasteiger partial charge on any atom is 0.338 e. The SMILES string of the molecule is CCc1ccccc1NC(=O)COC(=O)c1ccc2c(c1)C(=O)N(Cc1ccc3c(c1)OCO3)C2=O. The highest BCUT2D eigenvalue weighted by atomic mass is 16.7. The molecule has 2 aliphatic rings. The van der Waals surface area contributed by atoms with Crippen LogP contribution in [0.15, 0.2) is 60.7 Å². The zero-order chi connectivity index (χ0) is 25.2. The van der Waals surface area contributed by atoms with Crippen LogP contribution in [-0.4, -0.2) is 42.0 Å². The lowest BCUT2D eigenvalue weighted by Crippen LogP contribution is -2.29. The largest absolute Gasteiger partial charge is 0.454 e. The molecule has 3 aromatic rings. The smallest absolute Gasteiger partial charge is 0.338 e. The summed E-state index contributed by atoms with van der Waals surface area (Å²) in [5, 5.41) is 2.73. The number of amides is 3. The molecule has 0 saturated carbocycles. The summed E-state index contributed by atoms with van der Waals surface area (Å²) in [5.41, 5.74) is 2.70. The topological polar surface area (TPSA) is 111 Å². The van der Waals surface area contributed by atoms with E-state index in [4.69, 9.17) is 14.2 Å². The summed E-state index contributed by atoms with van der Waals surface area (Å²) in [4.78, 5) is 51.8. The summed E-state index contributed by atoms with van der Waals surface area (Å²) in [7, 11) is 0. The van der Waals surface area contributed by atoms with Crippen LogP contribution in [0.1, 0.15) is 49.1 Å². The Balaban J connectivity index is 1.24. The standard InChI is InChI=1S/C27H22N2O7/c1-2-17-5-3-4-6-21(17)28-24(30)14-34-27(33)18-8-9-19-20(12-18)26(32)29(25(19)31)13-16-7-10-22-23(11-16)36-15-35-22/h3-12H,2,13-15H2,1H3,(H,28,30). The Morgan fingerprint density at radius 2 is 1.72 bits per heavy atom. The third-order valence-electron chi connectivity index (χ3n) is 5.99. The molecule has 0 unspecified atom stereocenters. The highest BCUT2D eigenvalue weighted by Gasteiger charge is 2.36. The number of fused-ring (bicyclic) bond motifs is 2. The molecule has 36 heavy (non-hydrogen) atoms. The molecule has 0 aromatic heterocycles. The van der Waals surface area contributed by atoms with Gasteiger partial charge in [-0.2, -0.15) is 0 Å². The second kappa shape index (κ2) is 9.53. The number of hydrogen-bond donors (Lipinski definition) is 1. The van der Waals surface area contributed by atoms with Crippen LogP contribution >= 0.6 is 0 Å². The van der Waals surface area contributed by atoms with Gasteiger partial charge in [0.1, 0.15) is 0 Å². The summed E-state index contributed by atoms with van der Waals surface area (Å²) in [5.74, 6) is -1.07. The maximum absolute atomic E-state index is 13.0. The summed E-state index contributed by atoms with van der Waals surface area (Å²) >= 11 is 0. The first kappa shape index (κ1) is 23.1. The average molecular weight is 486 g/mol. The highest BCUT2D eigenvalue weighted by Crippen LogP contribution is 2.34. The van der Waals surface area contributed by atoms with Crippen molar-refractivity contribution in [2.75, 3.05) is 18.7 Å². The fourth-order valence-corrected chi connectivity index (χ4v) is 4.13. The molecule has 2 aliphatic heterocycles. The Labute approximate surface area is 206 Å². The van der Waals surface area contributed by atoms with E-state index in [2.05, 4.69) is 5.32 Å². The van der Waals surface area contributed by atoms with E-state index in [1.807, 2.05) is 19.1 Å². The monoisotopic (exact) mass is 486 g/mol. The van der Waals surface area contributed by atoms with Crippen LogP contribution in [0.25, 0.3) is 0 Å². The molecule has 182 valence electrons. The third kappa shape index (κ3) is 4.38. The second-order valence-electron chi connectivity index (χ2n) is 8.28. The van der Waals surface area contributed by atoms with Crippen molar-refractivity contribution in [3.63, 3.8) is 0 Å². The maximum atomic E-state index is 13.0. The van der Waals surface area contributed by atoms with E-state index in [1.165, 1.54) is 18.2 Å². The van der Waals surface area contributed by atoms with Gasteiger partial charge in [0.2, 0.25) is 6.79 Å². The van der Waals surface area contributed by atoms with Crippen molar-refractivity contribution in [3.8, 4) is 11.5 Å². The molecule has 0 saturated heterocycles. The highest BCUT2D eigenvalue weighted by molar-refractivity contribution is 6.21. The fourth-order valence-electron chi connectivity index (χ4n) is 4.13. The number of esters is 1. The van der Waals surface area contributed by atoms with Crippen LogP contribution in [0, 0.1) is 0 Å². The number of benzene rings is 3. The van der Waals surface area contributed by atoms with Crippen LogP contribution in [0.4, 0.5) is 5.69 Å². The Kier molecular flexibility index (Phi) is 6.12. The van der Waals surface area contributed by atoms with E-state index < -0.39 is 30.3 Å². The van der Waals surface area contributed by atoms with Crippen LogP contribution in [0.2, 0.25) is 0 Å². The van der Waals surface area contributed by atoms with Crippen LogP contribution in [-0.2, 0) is 22.5 Å². The van der Waals surface area contributed by atoms with Crippen molar-refractivity contribution in [3.05, 3.63) is 88.5 Å². The van der Waals surface area contributed by atoms with Crippen molar-refractivity contribution in [2.45, 2.75) is 19.9 Å². The first-order chi connectivity index (χ1) is 17.4. The Morgan fingerprint density at radius 3 is 2.56 bits per heavy atom.